The number of aromatic nitrogens is 3. The monoisotopic (exact) mass is 334 g/mol. The number of fused-ring (bicyclic) bond motifs is 1. The van der Waals surface area contributed by atoms with Crippen molar-refractivity contribution >= 4 is 44.9 Å². The number of hydrogen-bond acceptors (Lipinski definition) is 4. The zero-order valence-electron chi connectivity index (χ0n) is 12.4. The van der Waals surface area contributed by atoms with Crippen LogP contribution in [0.4, 0.5) is 5.13 Å². The number of aryl methyl sites for hydroxylation is 1. The number of hydrogen-bond donors (Lipinski definition) is 1. The Labute approximate surface area is 136 Å². The first kappa shape index (κ1) is 15.0. The average molecular weight is 335 g/mol. The van der Waals surface area contributed by atoms with E-state index in [4.69, 9.17) is 11.6 Å². The fourth-order valence-corrected chi connectivity index (χ4v) is 3.19. The molecular weight excluding hydrogens is 320 g/mol. The third-order valence-corrected chi connectivity index (χ3v) is 4.89. The molecule has 0 atom stereocenters. The molecule has 0 spiro atoms. The second-order valence-electron chi connectivity index (χ2n) is 5.32. The quantitative estimate of drug-likeness (QED) is 0.785. The molecular formula is C15H15ClN4OS. The van der Waals surface area contributed by atoms with Crippen LogP contribution in [-0.2, 0) is 7.05 Å². The van der Waals surface area contributed by atoms with Crippen LogP contribution in [0.5, 0.6) is 0 Å². The molecule has 3 rings (SSSR count). The lowest BCUT2D eigenvalue weighted by Gasteiger charge is -2.03. The van der Waals surface area contributed by atoms with Crippen LogP contribution in [0.1, 0.15) is 35.3 Å². The van der Waals surface area contributed by atoms with Gasteiger partial charge in [0.25, 0.3) is 5.91 Å². The van der Waals surface area contributed by atoms with E-state index < -0.39 is 0 Å². The van der Waals surface area contributed by atoms with Crippen molar-refractivity contribution in [1.29, 1.82) is 0 Å². The number of carbonyl (C=O) groups excluding carboxylic acids is 1. The molecule has 0 unspecified atom stereocenters. The number of rotatable bonds is 3. The Morgan fingerprint density at radius 1 is 1.36 bits per heavy atom. The Kier molecular flexibility index (Phi) is 3.88. The van der Waals surface area contributed by atoms with Crippen LogP contribution in [0, 0.1) is 0 Å². The standard InChI is InChI=1S/C15H15ClN4OS/c1-8(2)14-18-19-15(22-14)17-13(21)12-7-9-10(16)5-4-6-11(9)20(12)3/h4-8H,1-3H3,(H,17,19,21). The van der Waals surface area contributed by atoms with E-state index in [9.17, 15) is 4.79 Å². The third kappa shape index (κ3) is 2.60. The van der Waals surface area contributed by atoms with Gasteiger partial charge in [0.2, 0.25) is 5.13 Å². The van der Waals surface area contributed by atoms with E-state index >= 15 is 0 Å². The summed E-state index contributed by atoms with van der Waals surface area (Å²) < 4.78 is 1.82. The molecule has 1 amide bonds. The molecule has 0 radical (unpaired) electrons. The third-order valence-electron chi connectivity index (χ3n) is 3.42. The van der Waals surface area contributed by atoms with Crippen LogP contribution >= 0.6 is 22.9 Å². The first-order chi connectivity index (χ1) is 10.5. The first-order valence-electron chi connectivity index (χ1n) is 6.86. The molecule has 0 fully saturated rings. The number of amides is 1. The van der Waals surface area contributed by atoms with Gasteiger partial charge in [-0.2, -0.15) is 0 Å². The molecule has 2 aromatic heterocycles. The summed E-state index contributed by atoms with van der Waals surface area (Å²) >= 11 is 7.57. The smallest absolute Gasteiger partial charge is 0.274 e. The van der Waals surface area contributed by atoms with Gasteiger partial charge in [0.15, 0.2) is 0 Å². The minimum absolute atomic E-state index is 0.221. The summed E-state index contributed by atoms with van der Waals surface area (Å²) in [6.07, 6.45) is 0. The summed E-state index contributed by atoms with van der Waals surface area (Å²) in [5, 5.41) is 13.8. The molecule has 5 nitrogen and oxygen atoms in total. The van der Waals surface area contributed by atoms with Crippen LogP contribution in [0.2, 0.25) is 5.02 Å². The predicted octanol–water partition coefficient (Wildman–Crippen LogP) is 4.06. The maximum Gasteiger partial charge on any atom is 0.274 e. The van der Waals surface area contributed by atoms with E-state index in [1.807, 2.05) is 43.7 Å². The van der Waals surface area contributed by atoms with Crippen LogP contribution in [-0.4, -0.2) is 20.7 Å². The Morgan fingerprint density at radius 2 is 2.14 bits per heavy atom. The highest BCUT2D eigenvalue weighted by Gasteiger charge is 2.17. The molecule has 1 N–H and O–H groups in total. The maximum absolute atomic E-state index is 12.5. The molecule has 114 valence electrons. The van der Waals surface area contributed by atoms with Gasteiger partial charge in [0, 0.05) is 28.9 Å². The molecule has 22 heavy (non-hydrogen) atoms. The number of anilines is 1. The summed E-state index contributed by atoms with van der Waals surface area (Å²) in [5.74, 6) is 0.0702. The molecule has 3 aromatic rings. The van der Waals surface area contributed by atoms with Crippen LogP contribution in [0.3, 0.4) is 0 Å². The van der Waals surface area contributed by atoms with Crippen LogP contribution in [0.15, 0.2) is 24.3 Å². The summed E-state index contributed by atoms with van der Waals surface area (Å²) in [6, 6.07) is 7.40. The molecule has 0 aliphatic heterocycles. The lowest BCUT2D eigenvalue weighted by Crippen LogP contribution is -2.15. The number of nitrogens with zero attached hydrogens (tertiary/aromatic N) is 3. The van der Waals surface area contributed by atoms with Gasteiger partial charge in [-0.25, -0.2) is 0 Å². The normalized spacial score (nSPS) is 11.3. The molecule has 0 aliphatic rings. The van der Waals surface area contributed by atoms with Crippen molar-refractivity contribution < 1.29 is 4.79 Å². The summed E-state index contributed by atoms with van der Waals surface area (Å²) in [5.41, 5.74) is 1.45. The fourth-order valence-electron chi connectivity index (χ4n) is 2.22. The Balaban J connectivity index is 1.91. The Bertz CT molecular complexity index is 852. The van der Waals surface area contributed by atoms with Gasteiger partial charge in [0.05, 0.1) is 0 Å². The predicted molar refractivity (Wildman–Crippen MR) is 89.9 cm³/mol. The summed E-state index contributed by atoms with van der Waals surface area (Å²) in [7, 11) is 1.84. The number of halogens is 1. The van der Waals surface area contributed by atoms with Gasteiger partial charge < -0.3 is 4.57 Å². The second-order valence-corrected chi connectivity index (χ2v) is 6.73. The van der Waals surface area contributed by atoms with Gasteiger partial charge in [-0.3, -0.25) is 10.1 Å². The van der Waals surface area contributed by atoms with Crippen molar-refractivity contribution in [3.63, 3.8) is 0 Å². The Hall–Kier alpha value is -1.92. The molecule has 1 aromatic carbocycles. The summed E-state index contributed by atoms with van der Waals surface area (Å²) in [6.45, 7) is 4.08. The van der Waals surface area contributed by atoms with Crippen molar-refractivity contribution in [3.8, 4) is 0 Å². The van der Waals surface area contributed by atoms with E-state index in [-0.39, 0.29) is 5.91 Å². The van der Waals surface area contributed by atoms with Crippen LogP contribution in [0.25, 0.3) is 10.9 Å². The lowest BCUT2D eigenvalue weighted by atomic mass is 10.2. The average Bonchev–Trinajstić information content (AvgIpc) is 3.05. The zero-order chi connectivity index (χ0) is 15.9. The largest absolute Gasteiger partial charge is 0.340 e. The lowest BCUT2D eigenvalue weighted by molar-refractivity contribution is 0.101. The van der Waals surface area contributed by atoms with Gasteiger partial charge in [0.1, 0.15) is 10.7 Å². The Morgan fingerprint density at radius 3 is 2.77 bits per heavy atom. The first-order valence-corrected chi connectivity index (χ1v) is 8.05. The summed E-state index contributed by atoms with van der Waals surface area (Å²) in [4.78, 5) is 12.5. The van der Waals surface area contributed by atoms with E-state index in [0.29, 0.717) is 21.8 Å². The molecule has 0 bridgehead atoms. The highest BCUT2D eigenvalue weighted by molar-refractivity contribution is 7.15. The van der Waals surface area contributed by atoms with Crippen molar-refractivity contribution in [3.05, 3.63) is 40.0 Å². The van der Waals surface area contributed by atoms with Gasteiger partial charge in [-0.15, -0.1) is 10.2 Å². The van der Waals surface area contributed by atoms with Gasteiger partial charge >= 0.3 is 0 Å². The molecule has 2 heterocycles. The minimum Gasteiger partial charge on any atom is -0.340 e. The highest BCUT2D eigenvalue weighted by Crippen LogP contribution is 2.27. The van der Waals surface area contributed by atoms with Gasteiger partial charge in [-0.1, -0.05) is 42.9 Å². The topological polar surface area (TPSA) is 59.8 Å². The van der Waals surface area contributed by atoms with Gasteiger partial charge in [-0.05, 0) is 18.2 Å². The van der Waals surface area contributed by atoms with E-state index in [2.05, 4.69) is 15.5 Å². The minimum atomic E-state index is -0.221. The number of nitrogens with one attached hydrogen (secondary N) is 1. The fraction of sp³-hybridized carbons (Fsp3) is 0.267. The van der Waals surface area contributed by atoms with E-state index in [1.54, 1.807) is 6.07 Å². The zero-order valence-corrected chi connectivity index (χ0v) is 14.0. The van der Waals surface area contributed by atoms with Crippen molar-refractivity contribution in [2.24, 2.45) is 7.05 Å². The highest BCUT2D eigenvalue weighted by atomic mass is 35.5. The molecule has 0 saturated carbocycles. The second kappa shape index (κ2) is 5.70. The van der Waals surface area contributed by atoms with Crippen molar-refractivity contribution in [2.75, 3.05) is 5.32 Å². The van der Waals surface area contributed by atoms with E-state index in [1.165, 1.54) is 11.3 Å². The van der Waals surface area contributed by atoms with Crippen molar-refractivity contribution in [2.45, 2.75) is 19.8 Å². The van der Waals surface area contributed by atoms with E-state index in [0.717, 1.165) is 15.9 Å². The molecule has 7 heteroatoms. The van der Waals surface area contributed by atoms with Crippen LogP contribution < -0.4 is 5.32 Å². The number of carbonyl (C=O) groups is 1. The number of benzene rings is 1. The molecule has 0 saturated heterocycles. The van der Waals surface area contributed by atoms with Crippen molar-refractivity contribution in [1.82, 2.24) is 14.8 Å². The maximum atomic E-state index is 12.5. The SMILES string of the molecule is CC(C)c1nnc(NC(=O)c2cc3c(Cl)cccc3n2C)s1. The molecule has 0 aliphatic carbocycles.